The summed E-state index contributed by atoms with van der Waals surface area (Å²) in [5.74, 6) is -0.807. The van der Waals surface area contributed by atoms with Crippen molar-refractivity contribution in [2.24, 2.45) is 0 Å². The molecule has 0 aromatic rings. The number of carboxylic acids is 1. The van der Waals surface area contributed by atoms with E-state index in [-0.39, 0.29) is 0 Å². The quantitative estimate of drug-likeness (QED) is 0.474. The largest absolute Gasteiger partial charge is 0.480 e. The number of hydrogen-bond donors (Lipinski definition) is 2. The molecule has 3 nitrogen and oxygen atoms in total. The molecule has 0 radical (unpaired) electrons. The second-order valence-corrected chi connectivity index (χ2v) is 3.59. The molecule has 0 bridgehead atoms. The number of nitrogens with zero attached hydrogens (tertiary/aromatic N) is 1. The van der Waals surface area contributed by atoms with Crippen LogP contribution in [0.3, 0.4) is 0 Å². The number of carboxylic acid groups (broad SMARTS) is 1. The molecule has 5 heteroatoms. The van der Waals surface area contributed by atoms with Gasteiger partial charge in [-0.25, -0.2) is 4.79 Å². The van der Waals surface area contributed by atoms with Crippen molar-refractivity contribution in [3.8, 4) is 0 Å². The van der Waals surface area contributed by atoms with Gasteiger partial charge in [-0.2, -0.15) is 0 Å². The molecule has 1 rings (SSSR count). The van der Waals surface area contributed by atoms with Crippen molar-refractivity contribution in [1.29, 1.82) is 0 Å². The molecule has 1 aliphatic rings. The fourth-order valence-corrected chi connectivity index (χ4v) is 1.71. The fourth-order valence-electron chi connectivity index (χ4n) is 1.25. The van der Waals surface area contributed by atoms with E-state index in [0.717, 1.165) is 13.0 Å². The first-order valence-electron chi connectivity index (χ1n) is 3.35. The molecule has 11 heavy (non-hydrogen) atoms. The first-order valence-corrected chi connectivity index (χ1v) is 4.21. The summed E-state index contributed by atoms with van der Waals surface area (Å²) in [5, 5.41) is 8.70. The van der Waals surface area contributed by atoms with Gasteiger partial charge in [-0.3, -0.25) is 0 Å². The van der Waals surface area contributed by atoms with E-state index < -0.39 is 12.0 Å². The van der Waals surface area contributed by atoms with Crippen LogP contribution in [0.4, 0.5) is 0 Å². The summed E-state index contributed by atoms with van der Waals surface area (Å²) >= 11 is 8.72. The van der Waals surface area contributed by atoms with E-state index in [2.05, 4.69) is 12.6 Å². The van der Waals surface area contributed by atoms with Crippen molar-refractivity contribution in [2.75, 3.05) is 6.54 Å². The Morgan fingerprint density at radius 2 is 2.36 bits per heavy atom. The molecule has 0 aliphatic carbocycles. The number of likely N-dealkylation sites (tertiary alicyclic amines) is 1. The van der Waals surface area contributed by atoms with Crippen LogP contribution in [0.5, 0.6) is 0 Å². The van der Waals surface area contributed by atoms with Gasteiger partial charge in [0.25, 0.3) is 0 Å². The Labute approximate surface area is 75.8 Å². The fraction of sp³-hybridized carbons (Fsp3) is 0.667. The van der Waals surface area contributed by atoms with Gasteiger partial charge in [0, 0.05) is 6.54 Å². The molecule has 0 aromatic carbocycles. The Balaban J connectivity index is 2.65. The zero-order valence-corrected chi connectivity index (χ0v) is 7.57. The van der Waals surface area contributed by atoms with Crippen LogP contribution in [-0.2, 0) is 4.79 Å². The number of aliphatic carboxylic acids is 1. The molecule has 0 saturated carbocycles. The predicted molar refractivity (Wildman–Crippen MR) is 48.9 cm³/mol. The highest BCUT2D eigenvalue weighted by molar-refractivity contribution is 8.10. The van der Waals surface area contributed by atoms with Crippen molar-refractivity contribution in [3.05, 3.63) is 0 Å². The molecular formula is C6H9NO2S2. The minimum atomic E-state index is -0.807. The molecule has 0 amide bonds. The Morgan fingerprint density at radius 1 is 1.73 bits per heavy atom. The summed E-state index contributed by atoms with van der Waals surface area (Å²) in [5.41, 5.74) is 0. The third-order valence-corrected chi connectivity index (χ3v) is 2.27. The maximum Gasteiger partial charge on any atom is 0.326 e. The van der Waals surface area contributed by atoms with E-state index in [4.69, 9.17) is 17.3 Å². The third-order valence-electron chi connectivity index (χ3n) is 1.78. The first-order chi connectivity index (χ1) is 5.13. The highest BCUT2D eigenvalue weighted by Gasteiger charge is 2.30. The molecular weight excluding hydrogens is 182 g/mol. The second-order valence-electron chi connectivity index (χ2n) is 2.47. The van der Waals surface area contributed by atoms with Gasteiger partial charge in [0.05, 0.1) is 0 Å². The third kappa shape index (κ3) is 1.84. The average Bonchev–Trinajstić information content (AvgIpc) is 2.32. The SMILES string of the molecule is O=C(O)[C@@H]1CCCN1C(=S)S. The Kier molecular flexibility index (Phi) is 2.72. The highest BCUT2D eigenvalue weighted by Crippen LogP contribution is 2.18. The van der Waals surface area contributed by atoms with Gasteiger partial charge < -0.3 is 10.0 Å². The Hall–Kier alpha value is -0.290. The standard InChI is InChI=1S/C6H9NO2S2/c8-5(9)4-2-1-3-7(4)6(10)11/h4H,1-3H2,(H,8,9)(H,10,11)/t4-/m0/s1. The topological polar surface area (TPSA) is 40.5 Å². The summed E-state index contributed by atoms with van der Waals surface area (Å²) < 4.78 is 0.384. The number of hydrogen-bond acceptors (Lipinski definition) is 2. The van der Waals surface area contributed by atoms with Crippen LogP contribution in [0.2, 0.25) is 0 Å². The van der Waals surface area contributed by atoms with Gasteiger partial charge in [0.1, 0.15) is 10.4 Å². The molecule has 1 saturated heterocycles. The molecule has 1 fully saturated rings. The maximum absolute atomic E-state index is 10.6. The smallest absolute Gasteiger partial charge is 0.326 e. The summed E-state index contributed by atoms with van der Waals surface area (Å²) in [7, 11) is 0. The minimum Gasteiger partial charge on any atom is -0.480 e. The van der Waals surface area contributed by atoms with E-state index >= 15 is 0 Å². The van der Waals surface area contributed by atoms with Crippen LogP contribution in [0.25, 0.3) is 0 Å². The molecule has 0 unspecified atom stereocenters. The van der Waals surface area contributed by atoms with Crippen molar-refractivity contribution < 1.29 is 9.90 Å². The molecule has 1 atom stereocenters. The Morgan fingerprint density at radius 3 is 2.73 bits per heavy atom. The molecule has 1 aliphatic heterocycles. The molecule has 1 heterocycles. The number of rotatable bonds is 1. The van der Waals surface area contributed by atoms with Crippen LogP contribution in [0.15, 0.2) is 0 Å². The monoisotopic (exact) mass is 191 g/mol. The average molecular weight is 191 g/mol. The van der Waals surface area contributed by atoms with Crippen LogP contribution >= 0.6 is 24.8 Å². The van der Waals surface area contributed by atoms with Gasteiger partial charge in [-0.05, 0) is 12.8 Å². The summed E-state index contributed by atoms with van der Waals surface area (Å²) in [6.07, 6.45) is 1.56. The van der Waals surface area contributed by atoms with Crippen molar-refractivity contribution >= 4 is 35.1 Å². The lowest BCUT2D eigenvalue weighted by molar-refractivity contribution is -0.140. The molecule has 1 N–H and O–H groups in total. The predicted octanol–water partition coefficient (Wildman–Crippen LogP) is 0.750. The van der Waals surface area contributed by atoms with Crippen molar-refractivity contribution in [2.45, 2.75) is 18.9 Å². The second kappa shape index (κ2) is 3.40. The number of thiol groups is 1. The van der Waals surface area contributed by atoms with Gasteiger partial charge in [-0.1, -0.05) is 12.2 Å². The van der Waals surface area contributed by atoms with E-state index in [1.165, 1.54) is 0 Å². The summed E-state index contributed by atoms with van der Waals surface area (Å²) in [6.45, 7) is 0.722. The minimum absolute atomic E-state index is 0.384. The Bertz CT molecular complexity index is 175. The van der Waals surface area contributed by atoms with Gasteiger partial charge in [-0.15, -0.1) is 12.6 Å². The van der Waals surface area contributed by atoms with Crippen LogP contribution in [-0.4, -0.2) is 32.9 Å². The van der Waals surface area contributed by atoms with Crippen LogP contribution in [0, 0.1) is 0 Å². The molecule has 0 aromatic heterocycles. The van der Waals surface area contributed by atoms with Crippen LogP contribution in [0.1, 0.15) is 12.8 Å². The van der Waals surface area contributed by atoms with E-state index in [1.807, 2.05) is 0 Å². The lowest BCUT2D eigenvalue weighted by atomic mass is 10.2. The molecule has 0 spiro atoms. The van der Waals surface area contributed by atoms with Crippen molar-refractivity contribution in [1.82, 2.24) is 4.90 Å². The maximum atomic E-state index is 10.6. The molecule has 62 valence electrons. The van der Waals surface area contributed by atoms with E-state index in [0.29, 0.717) is 10.7 Å². The van der Waals surface area contributed by atoms with Gasteiger partial charge in [0.15, 0.2) is 0 Å². The van der Waals surface area contributed by atoms with Crippen LogP contribution < -0.4 is 0 Å². The normalized spacial score (nSPS) is 23.7. The van der Waals surface area contributed by atoms with Gasteiger partial charge in [0.2, 0.25) is 0 Å². The summed E-state index contributed by atoms with van der Waals surface area (Å²) in [4.78, 5) is 12.2. The highest BCUT2D eigenvalue weighted by atomic mass is 32.1. The van der Waals surface area contributed by atoms with Crippen molar-refractivity contribution in [3.63, 3.8) is 0 Å². The summed E-state index contributed by atoms with van der Waals surface area (Å²) in [6, 6.07) is -0.444. The zero-order chi connectivity index (χ0) is 8.43. The number of carbonyl (C=O) groups is 1. The lowest BCUT2D eigenvalue weighted by Gasteiger charge is -2.20. The van der Waals surface area contributed by atoms with Gasteiger partial charge >= 0.3 is 5.97 Å². The number of thiocarbonyl (C=S) groups is 1. The van der Waals surface area contributed by atoms with E-state index in [9.17, 15) is 4.79 Å². The van der Waals surface area contributed by atoms with E-state index in [1.54, 1.807) is 4.90 Å². The zero-order valence-electron chi connectivity index (χ0n) is 5.86. The first kappa shape index (κ1) is 8.80. The lowest BCUT2D eigenvalue weighted by Crippen LogP contribution is -2.37.